The van der Waals surface area contributed by atoms with Crippen LogP contribution < -0.4 is 10.3 Å². The van der Waals surface area contributed by atoms with E-state index in [1.165, 1.54) is 47.4 Å². The summed E-state index contributed by atoms with van der Waals surface area (Å²) >= 11 is 0. The molecule has 2 heterocycles. The Bertz CT molecular complexity index is 1330. The molecule has 1 aliphatic heterocycles. The van der Waals surface area contributed by atoms with Crippen molar-refractivity contribution in [2.45, 2.75) is 6.04 Å². The normalized spacial score (nSPS) is 15.7. The number of para-hydroxylation sites is 1. The first-order chi connectivity index (χ1) is 14.1. The Hall–Kier alpha value is -3.80. The molecule has 5 rings (SSSR count). The second-order valence-electron chi connectivity index (χ2n) is 6.75. The zero-order valence-electron chi connectivity index (χ0n) is 14.9. The molecular formula is C23H13F2NO3. The van der Waals surface area contributed by atoms with Crippen LogP contribution in [0.15, 0.2) is 82.0 Å². The van der Waals surface area contributed by atoms with E-state index in [9.17, 15) is 18.4 Å². The van der Waals surface area contributed by atoms with Gasteiger partial charge in [-0.1, -0.05) is 30.3 Å². The Labute approximate surface area is 163 Å². The molecule has 0 radical (unpaired) electrons. The highest BCUT2D eigenvalue weighted by Gasteiger charge is 2.44. The molecule has 0 bridgehead atoms. The van der Waals surface area contributed by atoms with Gasteiger partial charge in [-0.2, -0.15) is 0 Å². The fraction of sp³-hybridized carbons (Fsp3) is 0.0435. The highest BCUT2D eigenvalue weighted by molar-refractivity contribution is 6.10. The van der Waals surface area contributed by atoms with Crippen molar-refractivity contribution in [1.29, 1.82) is 0 Å². The summed E-state index contributed by atoms with van der Waals surface area (Å²) in [4.78, 5) is 27.8. The van der Waals surface area contributed by atoms with E-state index in [4.69, 9.17) is 4.42 Å². The summed E-state index contributed by atoms with van der Waals surface area (Å²) < 4.78 is 33.9. The Morgan fingerprint density at radius 1 is 0.828 bits per heavy atom. The quantitative estimate of drug-likeness (QED) is 0.494. The van der Waals surface area contributed by atoms with E-state index < -0.39 is 29.0 Å². The minimum Gasteiger partial charge on any atom is -0.450 e. The van der Waals surface area contributed by atoms with Gasteiger partial charge in [-0.15, -0.1) is 0 Å². The van der Waals surface area contributed by atoms with Crippen molar-refractivity contribution in [3.05, 3.63) is 112 Å². The third kappa shape index (κ3) is 2.56. The second-order valence-corrected chi connectivity index (χ2v) is 6.75. The number of hydrogen-bond donors (Lipinski definition) is 0. The number of benzene rings is 3. The van der Waals surface area contributed by atoms with Crippen molar-refractivity contribution in [2.24, 2.45) is 0 Å². The zero-order chi connectivity index (χ0) is 20.1. The van der Waals surface area contributed by atoms with Crippen LogP contribution in [0.4, 0.5) is 14.5 Å². The van der Waals surface area contributed by atoms with Crippen molar-refractivity contribution >= 4 is 22.6 Å². The van der Waals surface area contributed by atoms with Gasteiger partial charge in [0, 0.05) is 11.3 Å². The average molecular weight is 389 g/mol. The second kappa shape index (κ2) is 6.38. The summed E-state index contributed by atoms with van der Waals surface area (Å²) in [7, 11) is 0. The molecular weight excluding hydrogens is 376 g/mol. The molecule has 1 atom stereocenters. The summed E-state index contributed by atoms with van der Waals surface area (Å²) in [6.07, 6.45) is 0. The number of amides is 1. The fourth-order valence-electron chi connectivity index (χ4n) is 3.78. The molecule has 0 N–H and O–H groups in total. The van der Waals surface area contributed by atoms with E-state index in [1.54, 1.807) is 30.3 Å². The van der Waals surface area contributed by atoms with Crippen molar-refractivity contribution in [1.82, 2.24) is 0 Å². The van der Waals surface area contributed by atoms with E-state index in [1.807, 2.05) is 0 Å². The minimum absolute atomic E-state index is 0.0723. The van der Waals surface area contributed by atoms with Gasteiger partial charge in [-0.05, 0) is 42.5 Å². The van der Waals surface area contributed by atoms with E-state index in [-0.39, 0.29) is 22.5 Å². The SMILES string of the molecule is O=C1c2oc3ccccc3c(=O)c2C(c2ccccc2F)N1c1ccc(F)cc1. The molecule has 0 spiro atoms. The Kier molecular flexibility index (Phi) is 3.81. The van der Waals surface area contributed by atoms with Crippen LogP contribution in [-0.4, -0.2) is 5.91 Å². The molecule has 6 heteroatoms. The third-order valence-electron chi connectivity index (χ3n) is 5.08. The van der Waals surface area contributed by atoms with Crippen LogP contribution >= 0.6 is 0 Å². The lowest BCUT2D eigenvalue weighted by molar-refractivity contribution is 0.0970. The van der Waals surface area contributed by atoms with Gasteiger partial charge < -0.3 is 4.42 Å². The Morgan fingerprint density at radius 2 is 1.52 bits per heavy atom. The van der Waals surface area contributed by atoms with Crippen molar-refractivity contribution in [3.8, 4) is 0 Å². The number of halogens is 2. The van der Waals surface area contributed by atoms with Crippen LogP contribution in [0.3, 0.4) is 0 Å². The van der Waals surface area contributed by atoms with Gasteiger partial charge in [0.1, 0.15) is 17.2 Å². The molecule has 1 unspecified atom stereocenters. The number of carbonyl (C=O) groups is 1. The number of carbonyl (C=O) groups excluding carboxylic acids is 1. The Balaban J connectivity index is 1.84. The van der Waals surface area contributed by atoms with Crippen LogP contribution in [0.2, 0.25) is 0 Å². The summed E-state index contributed by atoms with van der Waals surface area (Å²) in [5.74, 6) is -1.74. The van der Waals surface area contributed by atoms with Gasteiger partial charge in [-0.25, -0.2) is 8.78 Å². The van der Waals surface area contributed by atoms with Gasteiger partial charge >= 0.3 is 0 Å². The maximum Gasteiger partial charge on any atom is 0.295 e. The molecule has 4 aromatic rings. The van der Waals surface area contributed by atoms with Gasteiger partial charge in [0.05, 0.1) is 17.0 Å². The predicted molar refractivity (Wildman–Crippen MR) is 104 cm³/mol. The molecule has 1 aliphatic rings. The fourth-order valence-corrected chi connectivity index (χ4v) is 3.78. The van der Waals surface area contributed by atoms with Crippen molar-refractivity contribution < 1.29 is 18.0 Å². The number of rotatable bonds is 2. The van der Waals surface area contributed by atoms with Gasteiger partial charge in [0.25, 0.3) is 5.91 Å². The highest BCUT2D eigenvalue weighted by Crippen LogP contribution is 2.41. The van der Waals surface area contributed by atoms with Crippen LogP contribution in [-0.2, 0) is 0 Å². The highest BCUT2D eigenvalue weighted by atomic mass is 19.1. The molecule has 0 aliphatic carbocycles. The molecule has 4 nitrogen and oxygen atoms in total. The van der Waals surface area contributed by atoms with Gasteiger partial charge in [0.2, 0.25) is 5.76 Å². The third-order valence-corrected chi connectivity index (χ3v) is 5.08. The first kappa shape index (κ1) is 17.3. The maximum atomic E-state index is 14.7. The van der Waals surface area contributed by atoms with E-state index in [0.29, 0.717) is 11.1 Å². The predicted octanol–water partition coefficient (Wildman–Crippen LogP) is 4.82. The number of nitrogens with zero attached hydrogens (tertiary/aromatic N) is 1. The van der Waals surface area contributed by atoms with Gasteiger partial charge in [-0.3, -0.25) is 14.5 Å². The van der Waals surface area contributed by atoms with Crippen molar-refractivity contribution in [3.63, 3.8) is 0 Å². The largest absolute Gasteiger partial charge is 0.450 e. The Morgan fingerprint density at radius 3 is 2.28 bits per heavy atom. The molecule has 142 valence electrons. The summed E-state index contributed by atoms with van der Waals surface area (Å²) in [5.41, 5.74) is 0.444. The lowest BCUT2D eigenvalue weighted by atomic mass is 9.98. The molecule has 1 aromatic heterocycles. The lowest BCUT2D eigenvalue weighted by Crippen LogP contribution is -2.30. The lowest BCUT2D eigenvalue weighted by Gasteiger charge is -2.25. The molecule has 0 fully saturated rings. The zero-order valence-corrected chi connectivity index (χ0v) is 14.9. The first-order valence-electron chi connectivity index (χ1n) is 8.95. The number of anilines is 1. The molecule has 29 heavy (non-hydrogen) atoms. The number of hydrogen-bond acceptors (Lipinski definition) is 3. The monoisotopic (exact) mass is 389 g/mol. The molecule has 0 saturated carbocycles. The first-order valence-corrected chi connectivity index (χ1v) is 8.95. The molecule has 3 aromatic carbocycles. The van der Waals surface area contributed by atoms with Crippen LogP contribution in [0, 0.1) is 11.6 Å². The van der Waals surface area contributed by atoms with Crippen LogP contribution in [0.1, 0.15) is 27.7 Å². The minimum atomic E-state index is -1.02. The van der Waals surface area contributed by atoms with E-state index in [2.05, 4.69) is 0 Å². The number of fused-ring (bicyclic) bond motifs is 2. The van der Waals surface area contributed by atoms with Crippen molar-refractivity contribution in [2.75, 3.05) is 4.90 Å². The molecule has 0 saturated heterocycles. The summed E-state index contributed by atoms with van der Waals surface area (Å²) in [6.45, 7) is 0. The van der Waals surface area contributed by atoms with Gasteiger partial charge in [0.15, 0.2) is 5.43 Å². The standard InChI is InChI=1S/C23H13F2NO3/c24-13-9-11-14(12-10-13)26-20(15-5-1-3-7-17(15)25)19-21(27)16-6-2-4-8-18(16)29-22(19)23(26)28/h1-12,20H. The average Bonchev–Trinajstić information content (AvgIpc) is 3.02. The van der Waals surface area contributed by atoms with E-state index in [0.717, 1.165) is 0 Å². The maximum absolute atomic E-state index is 14.7. The van der Waals surface area contributed by atoms with Crippen LogP contribution in [0.25, 0.3) is 11.0 Å². The van der Waals surface area contributed by atoms with E-state index >= 15 is 0 Å². The summed E-state index contributed by atoms with van der Waals surface area (Å²) in [6, 6.07) is 16.8. The smallest absolute Gasteiger partial charge is 0.295 e. The van der Waals surface area contributed by atoms with Crippen LogP contribution in [0.5, 0.6) is 0 Å². The molecule has 1 amide bonds. The topological polar surface area (TPSA) is 50.5 Å². The summed E-state index contributed by atoms with van der Waals surface area (Å²) in [5, 5.41) is 0.307.